The minimum Gasteiger partial charge on any atom is -0.368 e. The van der Waals surface area contributed by atoms with Crippen LogP contribution >= 0.6 is 11.3 Å². The maximum absolute atomic E-state index is 11.0. The molecule has 0 saturated carbocycles. The Labute approximate surface area is 97.5 Å². The van der Waals surface area contributed by atoms with E-state index in [1.807, 2.05) is 11.4 Å². The van der Waals surface area contributed by atoms with Crippen molar-refractivity contribution in [2.75, 3.05) is 23.9 Å². The van der Waals surface area contributed by atoms with Crippen LogP contribution in [0.15, 0.2) is 17.8 Å². The van der Waals surface area contributed by atoms with Crippen LogP contribution in [0.5, 0.6) is 0 Å². The quantitative estimate of drug-likeness (QED) is 0.889. The zero-order chi connectivity index (χ0) is 11.6. The molecule has 0 radical (unpaired) electrons. The van der Waals surface area contributed by atoms with E-state index in [4.69, 9.17) is 0 Å². The predicted octanol–water partition coefficient (Wildman–Crippen LogP) is 1.15. The zero-order valence-corrected chi connectivity index (χ0v) is 10.3. The summed E-state index contributed by atoms with van der Waals surface area (Å²) in [6.07, 6.45) is 2.69. The molecule has 2 aromatic heterocycles. The van der Waals surface area contributed by atoms with Crippen molar-refractivity contribution >= 4 is 37.2 Å². The number of sulfone groups is 1. The van der Waals surface area contributed by atoms with Crippen LogP contribution in [-0.2, 0) is 9.84 Å². The highest BCUT2D eigenvalue weighted by molar-refractivity contribution is 7.90. The molecule has 0 aromatic carbocycles. The molecule has 0 aliphatic heterocycles. The van der Waals surface area contributed by atoms with Gasteiger partial charge in [-0.3, -0.25) is 0 Å². The van der Waals surface area contributed by atoms with Crippen LogP contribution in [0.2, 0.25) is 0 Å². The Morgan fingerprint density at radius 3 is 3.00 bits per heavy atom. The monoisotopic (exact) mass is 257 g/mol. The molecule has 2 heterocycles. The van der Waals surface area contributed by atoms with Crippen molar-refractivity contribution in [1.82, 2.24) is 9.97 Å². The van der Waals surface area contributed by atoms with E-state index in [-0.39, 0.29) is 5.75 Å². The van der Waals surface area contributed by atoms with Gasteiger partial charge in [-0.05, 0) is 11.4 Å². The summed E-state index contributed by atoms with van der Waals surface area (Å²) in [5.74, 6) is 0.790. The second kappa shape index (κ2) is 4.34. The van der Waals surface area contributed by atoms with E-state index in [1.165, 1.54) is 23.9 Å². The molecule has 86 valence electrons. The highest BCUT2D eigenvalue weighted by atomic mass is 32.2. The first-order valence-electron chi connectivity index (χ1n) is 4.66. The normalized spacial score (nSPS) is 11.8. The fourth-order valence-electron chi connectivity index (χ4n) is 1.29. The molecule has 16 heavy (non-hydrogen) atoms. The predicted molar refractivity (Wildman–Crippen MR) is 65.6 cm³/mol. The van der Waals surface area contributed by atoms with Gasteiger partial charge in [0.1, 0.15) is 26.8 Å². The number of nitrogens with zero attached hydrogens (tertiary/aromatic N) is 2. The van der Waals surface area contributed by atoms with Crippen LogP contribution in [0.25, 0.3) is 10.2 Å². The number of fused-ring (bicyclic) bond motifs is 1. The van der Waals surface area contributed by atoms with Crippen LogP contribution in [-0.4, -0.2) is 36.9 Å². The van der Waals surface area contributed by atoms with Gasteiger partial charge in [-0.2, -0.15) is 0 Å². The largest absolute Gasteiger partial charge is 0.368 e. The third-order valence-corrected chi connectivity index (χ3v) is 3.79. The van der Waals surface area contributed by atoms with Crippen molar-refractivity contribution < 1.29 is 8.42 Å². The summed E-state index contributed by atoms with van der Waals surface area (Å²) in [5, 5.41) is 5.87. The van der Waals surface area contributed by atoms with E-state index in [2.05, 4.69) is 15.3 Å². The van der Waals surface area contributed by atoms with Gasteiger partial charge in [0.05, 0.1) is 11.1 Å². The molecular formula is C9H11N3O2S2. The first-order valence-corrected chi connectivity index (χ1v) is 7.60. The average Bonchev–Trinajstić information content (AvgIpc) is 2.64. The third kappa shape index (κ3) is 2.67. The van der Waals surface area contributed by atoms with E-state index in [0.29, 0.717) is 12.4 Å². The van der Waals surface area contributed by atoms with Gasteiger partial charge >= 0.3 is 0 Å². The summed E-state index contributed by atoms with van der Waals surface area (Å²) in [7, 11) is -2.94. The van der Waals surface area contributed by atoms with E-state index >= 15 is 0 Å². The number of anilines is 1. The Morgan fingerprint density at radius 2 is 2.25 bits per heavy atom. The lowest BCUT2D eigenvalue weighted by Crippen LogP contribution is -2.14. The van der Waals surface area contributed by atoms with Crippen molar-refractivity contribution in [1.29, 1.82) is 0 Å². The topological polar surface area (TPSA) is 72.0 Å². The molecule has 0 saturated heterocycles. The van der Waals surface area contributed by atoms with Gasteiger partial charge in [-0.15, -0.1) is 11.3 Å². The number of aromatic nitrogens is 2. The number of hydrogen-bond donors (Lipinski definition) is 1. The van der Waals surface area contributed by atoms with Gasteiger partial charge in [0.25, 0.3) is 0 Å². The Kier molecular flexibility index (Phi) is 3.06. The highest BCUT2D eigenvalue weighted by Gasteiger charge is 2.05. The SMILES string of the molecule is CS(=O)(=O)CCNc1ncnc2sccc12. The van der Waals surface area contributed by atoms with Gasteiger partial charge in [0, 0.05) is 12.8 Å². The van der Waals surface area contributed by atoms with Gasteiger partial charge in [-0.1, -0.05) is 0 Å². The molecule has 1 N–H and O–H groups in total. The molecular weight excluding hydrogens is 246 g/mol. The van der Waals surface area contributed by atoms with Crippen molar-refractivity contribution in [2.24, 2.45) is 0 Å². The minimum absolute atomic E-state index is 0.0998. The van der Waals surface area contributed by atoms with Crippen LogP contribution in [0.1, 0.15) is 0 Å². The van der Waals surface area contributed by atoms with Crippen LogP contribution < -0.4 is 5.32 Å². The van der Waals surface area contributed by atoms with E-state index in [0.717, 1.165) is 10.2 Å². The molecule has 7 heteroatoms. The molecule has 5 nitrogen and oxygen atoms in total. The lowest BCUT2D eigenvalue weighted by atomic mass is 10.4. The number of thiophene rings is 1. The zero-order valence-electron chi connectivity index (χ0n) is 8.67. The maximum Gasteiger partial charge on any atom is 0.149 e. The summed E-state index contributed by atoms with van der Waals surface area (Å²) < 4.78 is 21.9. The van der Waals surface area contributed by atoms with Gasteiger partial charge in [-0.25, -0.2) is 18.4 Å². The lowest BCUT2D eigenvalue weighted by Gasteiger charge is -2.04. The lowest BCUT2D eigenvalue weighted by molar-refractivity contribution is 0.602. The van der Waals surface area contributed by atoms with Gasteiger partial charge in [0.15, 0.2) is 0 Å². The average molecular weight is 257 g/mol. The minimum atomic E-state index is -2.94. The molecule has 0 unspecified atom stereocenters. The summed E-state index contributed by atoms with van der Waals surface area (Å²) in [6.45, 7) is 0.362. The standard InChI is InChI=1S/C9H11N3O2S2/c1-16(13,14)5-3-10-8-7-2-4-15-9(7)12-6-11-8/h2,4,6H,3,5H2,1H3,(H,10,11,12). The van der Waals surface area contributed by atoms with Gasteiger partial charge in [0.2, 0.25) is 0 Å². The number of nitrogens with one attached hydrogen (secondary N) is 1. The summed E-state index contributed by atoms with van der Waals surface area (Å²) in [4.78, 5) is 9.10. The second-order valence-electron chi connectivity index (χ2n) is 3.42. The van der Waals surface area contributed by atoms with Gasteiger partial charge < -0.3 is 5.32 Å². The summed E-state index contributed by atoms with van der Waals surface area (Å²) >= 11 is 1.53. The molecule has 0 fully saturated rings. The molecule has 2 rings (SSSR count). The van der Waals surface area contributed by atoms with Crippen molar-refractivity contribution in [3.63, 3.8) is 0 Å². The Bertz CT molecular complexity index is 592. The molecule has 0 aliphatic carbocycles. The maximum atomic E-state index is 11.0. The Balaban J connectivity index is 2.12. The Hall–Kier alpha value is -1.21. The fourth-order valence-corrected chi connectivity index (χ4v) is 2.49. The van der Waals surface area contributed by atoms with Crippen LogP contribution in [0.4, 0.5) is 5.82 Å². The molecule has 0 spiro atoms. The summed E-state index contributed by atoms with van der Waals surface area (Å²) in [6, 6.07) is 1.92. The highest BCUT2D eigenvalue weighted by Crippen LogP contribution is 2.23. The molecule has 0 aliphatic rings. The molecule has 0 atom stereocenters. The first-order chi connectivity index (χ1) is 7.56. The number of hydrogen-bond acceptors (Lipinski definition) is 6. The smallest absolute Gasteiger partial charge is 0.149 e. The van der Waals surface area contributed by atoms with Crippen molar-refractivity contribution in [3.8, 4) is 0 Å². The fraction of sp³-hybridized carbons (Fsp3) is 0.333. The molecule has 2 aromatic rings. The summed E-state index contributed by atoms with van der Waals surface area (Å²) in [5.41, 5.74) is 0. The third-order valence-electron chi connectivity index (χ3n) is 2.03. The number of rotatable bonds is 4. The van der Waals surface area contributed by atoms with E-state index in [1.54, 1.807) is 0 Å². The molecule has 0 amide bonds. The van der Waals surface area contributed by atoms with Crippen molar-refractivity contribution in [3.05, 3.63) is 17.8 Å². The van der Waals surface area contributed by atoms with Crippen LogP contribution in [0, 0.1) is 0 Å². The van der Waals surface area contributed by atoms with E-state index in [9.17, 15) is 8.42 Å². The molecule has 0 bridgehead atoms. The van der Waals surface area contributed by atoms with E-state index < -0.39 is 9.84 Å². The van der Waals surface area contributed by atoms with Crippen LogP contribution in [0.3, 0.4) is 0 Å². The Morgan fingerprint density at radius 1 is 1.44 bits per heavy atom. The van der Waals surface area contributed by atoms with Crippen molar-refractivity contribution in [2.45, 2.75) is 0 Å². The second-order valence-corrected chi connectivity index (χ2v) is 6.57. The first kappa shape index (κ1) is 11.3.